The molecule has 1 atom stereocenters. The second kappa shape index (κ2) is 9.46. The SMILES string of the molecule is CN(C)C(CNC(=O)CCC(=O)c1ccc(F)cc1)c1ccccc1Cl. The van der Waals surface area contributed by atoms with Crippen molar-refractivity contribution in [2.45, 2.75) is 18.9 Å². The Morgan fingerprint density at radius 3 is 2.35 bits per heavy atom. The summed E-state index contributed by atoms with van der Waals surface area (Å²) >= 11 is 6.25. The van der Waals surface area contributed by atoms with Crippen LogP contribution in [0.15, 0.2) is 48.5 Å². The Morgan fingerprint density at radius 1 is 1.08 bits per heavy atom. The molecule has 138 valence electrons. The van der Waals surface area contributed by atoms with Crippen LogP contribution < -0.4 is 5.32 Å². The van der Waals surface area contributed by atoms with Crippen molar-refractivity contribution in [2.75, 3.05) is 20.6 Å². The van der Waals surface area contributed by atoms with E-state index in [1.165, 1.54) is 24.3 Å². The Hall–Kier alpha value is -2.24. The maximum atomic E-state index is 12.9. The van der Waals surface area contributed by atoms with Gasteiger partial charge in [0, 0.05) is 30.0 Å². The first-order valence-electron chi connectivity index (χ1n) is 8.35. The van der Waals surface area contributed by atoms with E-state index in [-0.39, 0.29) is 30.6 Å². The average molecular weight is 377 g/mol. The van der Waals surface area contributed by atoms with Gasteiger partial charge < -0.3 is 10.2 Å². The van der Waals surface area contributed by atoms with E-state index < -0.39 is 5.82 Å². The van der Waals surface area contributed by atoms with Crippen molar-refractivity contribution in [3.8, 4) is 0 Å². The molecule has 0 bridgehead atoms. The zero-order valence-electron chi connectivity index (χ0n) is 14.8. The fraction of sp³-hybridized carbons (Fsp3) is 0.300. The molecule has 2 aromatic carbocycles. The van der Waals surface area contributed by atoms with Gasteiger partial charge in [0.05, 0.1) is 6.04 Å². The number of hydrogen-bond donors (Lipinski definition) is 1. The Kier molecular flexibility index (Phi) is 7.30. The van der Waals surface area contributed by atoms with Crippen LogP contribution in [0.1, 0.15) is 34.8 Å². The lowest BCUT2D eigenvalue weighted by Gasteiger charge is -2.26. The zero-order valence-corrected chi connectivity index (χ0v) is 15.6. The summed E-state index contributed by atoms with van der Waals surface area (Å²) in [5.74, 6) is -0.789. The topological polar surface area (TPSA) is 49.4 Å². The number of nitrogens with zero attached hydrogens (tertiary/aromatic N) is 1. The number of hydrogen-bond acceptors (Lipinski definition) is 3. The zero-order chi connectivity index (χ0) is 19.1. The van der Waals surface area contributed by atoms with Crippen molar-refractivity contribution in [3.63, 3.8) is 0 Å². The summed E-state index contributed by atoms with van der Waals surface area (Å²) in [4.78, 5) is 26.1. The number of amides is 1. The third-order valence-electron chi connectivity index (χ3n) is 4.13. The summed E-state index contributed by atoms with van der Waals surface area (Å²) in [6.07, 6.45) is 0.162. The van der Waals surface area contributed by atoms with Gasteiger partial charge in [0.2, 0.25) is 5.91 Å². The molecule has 0 saturated carbocycles. The van der Waals surface area contributed by atoms with Crippen LogP contribution in [-0.4, -0.2) is 37.2 Å². The van der Waals surface area contributed by atoms with Crippen molar-refractivity contribution < 1.29 is 14.0 Å². The largest absolute Gasteiger partial charge is 0.354 e. The predicted molar refractivity (Wildman–Crippen MR) is 101 cm³/mol. The highest BCUT2D eigenvalue weighted by Gasteiger charge is 2.18. The Morgan fingerprint density at radius 2 is 1.73 bits per heavy atom. The van der Waals surface area contributed by atoms with Crippen LogP contribution >= 0.6 is 11.6 Å². The Balaban J connectivity index is 1.87. The maximum absolute atomic E-state index is 12.9. The van der Waals surface area contributed by atoms with E-state index in [0.717, 1.165) is 5.56 Å². The predicted octanol–water partition coefficient (Wildman–Crippen LogP) is 3.86. The monoisotopic (exact) mass is 376 g/mol. The van der Waals surface area contributed by atoms with E-state index in [4.69, 9.17) is 11.6 Å². The molecule has 2 aromatic rings. The van der Waals surface area contributed by atoms with Crippen molar-refractivity contribution in [2.24, 2.45) is 0 Å². The van der Waals surface area contributed by atoms with Gasteiger partial charge in [-0.2, -0.15) is 0 Å². The molecule has 26 heavy (non-hydrogen) atoms. The molecule has 0 fully saturated rings. The summed E-state index contributed by atoms with van der Waals surface area (Å²) < 4.78 is 12.9. The molecular weight excluding hydrogens is 355 g/mol. The number of likely N-dealkylation sites (N-methyl/N-ethyl adjacent to an activating group) is 1. The summed E-state index contributed by atoms with van der Waals surface area (Å²) in [5, 5.41) is 3.50. The number of rotatable bonds is 8. The first-order chi connectivity index (χ1) is 12.4. The maximum Gasteiger partial charge on any atom is 0.220 e. The molecule has 1 N–H and O–H groups in total. The van der Waals surface area contributed by atoms with Gasteiger partial charge in [0.15, 0.2) is 5.78 Å². The molecule has 0 radical (unpaired) electrons. The molecular formula is C20H22ClFN2O2. The number of halogens is 2. The van der Waals surface area contributed by atoms with Gasteiger partial charge in [0.1, 0.15) is 5.82 Å². The normalized spacial score (nSPS) is 12.0. The minimum atomic E-state index is -0.395. The molecule has 0 aliphatic carbocycles. The summed E-state index contributed by atoms with van der Waals surface area (Å²) in [7, 11) is 3.83. The molecule has 1 unspecified atom stereocenters. The highest BCUT2D eigenvalue weighted by Crippen LogP contribution is 2.25. The fourth-order valence-electron chi connectivity index (χ4n) is 2.62. The van der Waals surface area contributed by atoms with Crippen LogP contribution in [-0.2, 0) is 4.79 Å². The molecule has 0 aromatic heterocycles. The minimum Gasteiger partial charge on any atom is -0.354 e. The van der Waals surface area contributed by atoms with Crippen LogP contribution in [0.2, 0.25) is 5.02 Å². The van der Waals surface area contributed by atoms with Gasteiger partial charge in [0.25, 0.3) is 0 Å². The first-order valence-corrected chi connectivity index (χ1v) is 8.72. The highest BCUT2D eigenvalue weighted by atomic mass is 35.5. The van der Waals surface area contributed by atoms with Gasteiger partial charge in [-0.15, -0.1) is 0 Å². The van der Waals surface area contributed by atoms with Crippen LogP contribution in [0.5, 0.6) is 0 Å². The fourth-order valence-corrected chi connectivity index (χ4v) is 2.88. The van der Waals surface area contributed by atoms with Gasteiger partial charge in [-0.3, -0.25) is 9.59 Å². The Bertz CT molecular complexity index is 763. The minimum absolute atomic E-state index is 0.0690. The summed E-state index contributed by atoms with van der Waals surface area (Å²) in [6.45, 7) is 0.389. The molecule has 0 saturated heterocycles. The van der Waals surface area contributed by atoms with Crippen molar-refractivity contribution in [3.05, 3.63) is 70.5 Å². The summed E-state index contributed by atoms with van der Waals surface area (Å²) in [5.41, 5.74) is 1.34. The number of benzene rings is 2. The van der Waals surface area contributed by atoms with E-state index in [1.807, 2.05) is 43.3 Å². The van der Waals surface area contributed by atoms with Crippen molar-refractivity contribution in [1.29, 1.82) is 0 Å². The second-order valence-electron chi connectivity index (χ2n) is 6.24. The lowest BCUT2D eigenvalue weighted by atomic mass is 10.0. The van der Waals surface area contributed by atoms with Gasteiger partial charge >= 0.3 is 0 Å². The van der Waals surface area contributed by atoms with Gasteiger partial charge in [-0.05, 0) is 50.0 Å². The van der Waals surface area contributed by atoms with Crippen LogP contribution in [0.3, 0.4) is 0 Å². The lowest BCUT2D eigenvalue weighted by molar-refractivity contribution is -0.121. The van der Waals surface area contributed by atoms with E-state index >= 15 is 0 Å². The van der Waals surface area contributed by atoms with Crippen molar-refractivity contribution in [1.82, 2.24) is 10.2 Å². The van der Waals surface area contributed by atoms with Gasteiger partial charge in [-0.1, -0.05) is 29.8 Å². The second-order valence-corrected chi connectivity index (χ2v) is 6.64. The molecule has 0 heterocycles. The average Bonchev–Trinajstić information content (AvgIpc) is 2.61. The molecule has 6 heteroatoms. The third-order valence-corrected chi connectivity index (χ3v) is 4.47. The lowest BCUT2D eigenvalue weighted by Crippen LogP contribution is -2.34. The smallest absolute Gasteiger partial charge is 0.220 e. The quantitative estimate of drug-likeness (QED) is 0.712. The van der Waals surface area contributed by atoms with Crippen LogP contribution in [0.4, 0.5) is 4.39 Å². The molecule has 0 aliphatic rings. The number of nitrogens with one attached hydrogen (secondary N) is 1. The molecule has 2 rings (SSSR count). The standard InChI is InChI=1S/C20H22ClFN2O2/c1-24(2)18(16-5-3-4-6-17(16)21)13-23-20(26)12-11-19(25)14-7-9-15(22)10-8-14/h3-10,18H,11-13H2,1-2H3,(H,23,26). The third kappa shape index (κ3) is 5.64. The molecule has 0 spiro atoms. The number of carbonyl (C=O) groups excluding carboxylic acids is 2. The van der Waals surface area contributed by atoms with E-state index in [0.29, 0.717) is 17.1 Å². The van der Waals surface area contributed by atoms with E-state index in [9.17, 15) is 14.0 Å². The highest BCUT2D eigenvalue weighted by molar-refractivity contribution is 6.31. The van der Waals surface area contributed by atoms with Crippen LogP contribution in [0, 0.1) is 5.82 Å². The van der Waals surface area contributed by atoms with Gasteiger partial charge in [-0.25, -0.2) is 4.39 Å². The van der Waals surface area contributed by atoms with Crippen LogP contribution in [0.25, 0.3) is 0 Å². The number of Topliss-reactive ketones (excluding diaryl/α,β-unsaturated/α-hetero) is 1. The van der Waals surface area contributed by atoms with Crippen molar-refractivity contribution >= 4 is 23.3 Å². The summed E-state index contributed by atoms with van der Waals surface area (Å²) in [6, 6.07) is 12.8. The Labute approximate surface area is 158 Å². The van der Waals surface area contributed by atoms with E-state index in [2.05, 4.69) is 5.32 Å². The number of carbonyl (C=O) groups is 2. The molecule has 0 aliphatic heterocycles. The molecule has 1 amide bonds. The molecule has 4 nitrogen and oxygen atoms in total. The first kappa shape index (κ1) is 20.1. The number of ketones is 1. The van der Waals surface area contributed by atoms with E-state index in [1.54, 1.807) is 0 Å².